The number of halogens is 2. The summed E-state index contributed by atoms with van der Waals surface area (Å²) in [7, 11) is 3.45. The fourth-order valence-electron chi connectivity index (χ4n) is 2.49. The van der Waals surface area contributed by atoms with Crippen LogP contribution in [0.3, 0.4) is 0 Å². The molecule has 29 heavy (non-hydrogen) atoms. The van der Waals surface area contributed by atoms with Crippen molar-refractivity contribution in [1.82, 2.24) is 15.5 Å². The molecular weight excluding hydrogens is 551 g/mol. The lowest BCUT2D eigenvalue weighted by Gasteiger charge is -2.15. The van der Waals surface area contributed by atoms with E-state index in [0.717, 1.165) is 27.1 Å². The fraction of sp³-hybridized carbons (Fsp3) is 0.300. The first-order valence-electron chi connectivity index (χ1n) is 8.86. The monoisotopic (exact) mass is 574 g/mol. The quantitative estimate of drug-likeness (QED) is 0.315. The second-order valence-corrected chi connectivity index (χ2v) is 7.39. The molecule has 1 amide bonds. The smallest absolute Gasteiger partial charge is 0.241 e. The number of fused-ring (bicyclic) bond motifs is 1. The van der Waals surface area contributed by atoms with Crippen LogP contribution in [-0.2, 0) is 17.9 Å². The van der Waals surface area contributed by atoms with E-state index in [1.165, 1.54) is 4.90 Å². The second-order valence-electron chi connectivity index (χ2n) is 6.47. The topological polar surface area (TPSA) is 75.2 Å². The lowest BCUT2D eigenvalue weighted by molar-refractivity contribution is -0.127. The number of hydrogen-bond acceptors (Lipinski definition) is 4. The van der Waals surface area contributed by atoms with E-state index in [0.29, 0.717) is 19.0 Å². The number of rotatable bonds is 6. The SMILES string of the molecule is CN(C)C(=O)CNC(=NCc1ccc2c(c1)OCO2)NCc1ccc(Br)cc1.I. The Labute approximate surface area is 196 Å². The summed E-state index contributed by atoms with van der Waals surface area (Å²) in [6.07, 6.45) is 0. The number of nitrogens with one attached hydrogen (secondary N) is 2. The number of guanidine groups is 1. The molecule has 1 aliphatic rings. The molecule has 3 rings (SSSR count). The minimum atomic E-state index is -0.0266. The van der Waals surface area contributed by atoms with E-state index >= 15 is 0 Å². The average Bonchev–Trinajstić information content (AvgIpc) is 3.16. The van der Waals surface area contributed by atoms with Gasteiger partial charge in [-0.15, -0.1) is 24.0 Å². The summed E-state index contributed by atoms with van der Waals surface area (Å²) in [6.45, 7) is 1.45. The van der Waals surface area contributed by atoms with E-state index in [9.17, 15) is 4.79 Å². The number of aliphatic imine (C=N–C) groups is 1. The highest BCUT2D eigenvalue weighted by Gasteiger charge is 2.13. The largest absolute Gasteiger partial charge is 0.454 e. The van der Waals surface area contributed by atoms with Gasteiger partial charge in [-0.3, -0.25) is 4.79 Å². The lowest BCUT2D eigenvalue weighted by atomic mass is 10.2. The zero-order chi connectivity index (χ0) is 19.9. The molecule has 0 saturated carbocycles. The Morgan fingerprint density at radius 1 is 1.07 bits per heavy atom. The highest BCUT2D eigenvalue weighted by molar-refractivity contribution is 14.0. The Kier molecular flexibility index (Phi) is 9.02. The van der Waals surface area contributed by atoms with Gasteiger partial charge in [-0.25, -0.2) is 4.99 Å². The van der Waals surface area contributed by atoms with Crippen LogP contribution < -0.4 is 20.1 Å². The van der Waals surface area contributed by atoms with Gasteiger partial charge >= 0.3 is 0 Å². The molecule has 0 spiro atoms. The third kappa shape index (κ3) is 7.07. The van der Waals surface area contributed by atoms with Crippen molar-refractivity contribution in [2.75, 3.05) is 27.4 Å². The third-order valence-electron chi connectivity index (χ3n) is 4.14. The van der Waals surface area contributed by atoms with E-state index in [-0.39, 0.29) is 43.2 Å². The molecular formula is C20H24BrIN4O3. The van der Waals surface area contributed by atoms with Crippen molar-refractivity contribution in [3.05, 3.63) is 58.1 Å². The maximum absolute atomic E-state index is 11.9. The second kappa shape index (κ2) is 11.2. The predicted octanol–water partition coefficient (Wildman–Crippen LogP) is 3.12. The summed E-state index contributed by atoms with van der Waals surface area (Å²) in [6, 6.07) is 13.8. The van der Waals surface area contributed by atoms with Gasteiger partial charge in [0.15, 0.2) is 17.5 Å². The van der Waals surface area contributed by atoms with Crippen molar-refractivity contribution < 1.29 is 14.3 Å². The van der Waals surface area contributed by atoms with Crippen molar-refractivity contribution in [3.8, 4) is 11.5 Å². The molecule has 1 aliphatic heterocycles. The molecule has 2 aromatic carbocycles. The fourth-order valence-corrected chi connectivity index (χ4v) is 2.75. The zero-order valence-electron chi connectivity index (χ0n) is 16.3. The van der Waals surface area contributed by atoms with E-state index in [4.69, 9.17) is 9.47 Å². The van der Waals surface area contributed by atoms with Crippen LogP contribution in [0.25, 0.3) is 0 Å². The minimum Gasteiger partial charge on any atom is -0.454 e. The van der Waals surface area contributed by atoms with Gasteiger partial charge in [0.1, 0.15) is 0 Å². The molecule has 0 aromatic heterocycles. The van der Waals surface area contributed by atoms with E-state index < -0.39 is 0 Å². The maximum atomic E-state index is 11.9. The Morgan fingerprint density at radius 3 is 2.48 bits per heavy atom. The summed E-state index contributed by atoms with van der Waals surface area (Å²) in [5.41, 5.74) is 2.10. The number of carbonyl (C=O) groups excluding carboxylic acids is 1. The molecule has 156 valence electrons. The maximum Gasteiger partial charge on any atom is 0.241 e. The van der Waals surface area contributed by atoms with Crippen LogP contribution >= 0.6 is 39.9 Å². The minimum absolute atomic E-state index is 0. The van der Waals surface area contributed by atoms with Crippen LogP contribution in [0.5, 0.6) is 11.5 Å². The number of hydrogen-bond donors (Lipinski definition) is 2. The Bertz CT molecular complexity index is 859. The Morgan fingerprint density at radius 2 is 1.76 bits per heavy atom. The van der Waals surface area contributed by atoms with Gasteiger partial charge in [0.25, 0.3) is 0 Å². The highest BCUT2D eigenvalue weighted by atomic mass is 127. The van der Waals surface area contributed by atoms with Crippen LogP contribution in [0.4, 0.5) is 0 Å². The third-order valence-corrected chi connectivity index (χ3v) is 4.66. The highest BCUT2D eigenvalue weighted by Crippen LogP contribution is 2.32. The van der Waals surface area contributed by atoms with Crippen molar-refractivity contribution in [2.45, 2.75) is 13.1 Å². The number of carbonyl (C=O) groups is 1. The lowest BCUT2D eigenvalue weighted by Crippen LogP contribution is -2.42. The van der Waals surface area contributed by atoms with Crippen LogP contribution in [-0.4, -0.2) is 44.2 Å². The van der Waals surface area contributed by atoms with Crippen LogP contribution in [0.2, 0.25) is 0 Å². The normalized spacial score (nSPS) is 12.2. The van der Waals surface area contributed by atoms with E-state index in [1.807, 2.05) is 42.5 Å². The predicted molar refractivity (Wildman–Crippen MR) is 127 cm³/mol. The first-order chi connectivity index (χ1) is 13.5. The molecule has 0 aliphatic carbocycles. The first kappa shape index (κ1) is 23.3. The molecule has 0 unspecified atom stereocenters. The van der Waals surface area contributed by atoms with Gasteiger partial charge < -0.3 is 25.0 Å². The number of amides is 1. The van der Waals surface area contributed by atoms with Gasteiger partial charge in [0.2, 0.25) is 12.7 Å². The molecule has 0 bridgehead atoms. The molecule has 9 heteroatoms. The number of ether oxygens (including phenoxy) is 2. The number of likely N-dealkylation sites (N-methyl/N-ethyl adjacent to an activating group) is 1. The van der Waals surface area contributed by atoms with Gasteiger partial charge in [0.05, 0.1) is 13.1 Å². The molecule has 0 atom stereocenters. The summed E-state index contributed by atoms with van der Waals surface area (Å²) in [5, 5.41) is 6.36. The van der Waals surface area contributed by atoms with Crippen molar-refractivity contribution >= 4 is 51.8 Å². The summed E-state index contributed by atoms with van der Waals surface area (Å²) in [4.78, 5) is 18.0. The summed E-state index contributed by atoms with van der Waals surface area (Å²) >= 11 is 3.43. The van der Waals surface area contributed by atoms with Gasteiger partial charge in [-0.1, -0.05) is 34.1 Å². The number of nitrogens with zero attached hydrogens (tertiary/aromatic N) is 2. The first-order valence-corrected chi connectivity index (χ1v) is 9.66. The van der Waals surface area contributed by atoms with Crippen LogP contribution in [0, 0.1) is 0 Å². The molecule has 2 aromatic rings. The van der Waals surface area contributed by atoms with E-state index in [2.05, 4.69) is 31.6 Å². The molecule has 0 saturated heterocycles. The molecule has 0 radical (unpaired) electrons. The molecule has 2 N–H and O–H groups in total. The molecule has 1 heterocycles. The van der Waals surface area contributed by atoms with Crippen molar-refractivity contribution in [2.24, 2.45) is 4.99 Å². The van der Waals surface area contributed by atoms with Gasteiger partial charge in [-0.05, 0) is 35.4 Å². The van der Waals surface area contributed by atoms with Crippen LogP contribution in [0.15, 0.2) is 51.9 Å². The molecule has 7 nitrogen and oxygen atoms in total. The standard InChI is InChI=1S/C20H23BrN4O3.HI/c1-25(2)19(26)12-24-20(22-10-14-3-6-16(21)7-4-14)23-11-15-5-8-17-18(9-15)28-13-27-17;/h3-9H,10-13H2,1-2H3,(H2,22,23,24);1H. The average molecular weight is 575 g/mol. The van der Waals surface area contributed by atoms with E-state index in [1.54, 1.807) is 14.1 Å². The Balaban J connectivity index is 0.00000300. The van der Waals surface area contributed by atoms with Crippen molar-refractivity contribution in [3.63, 3.8) is 0 Å². The summed E-state index contributed by atoms with van der Waals surface area (Å²) < 4.78 is 11.8. The van der Waals surface area contributed by atoms with Crippen LogP contribution in [0.1, 0.15) is 11.1 Å². The Hall–Kier alpha value is -2.01. The molecule has 0 fully saturated rings. The summed E-state index contributed by atoms with van der Waals surface area (Å²) in [5.74, 6) is 2.01. The number of benzene rings is 2. The van der Waals surface area contributed by atoms with Gasteiger partial charge in [0, 0.05) is 25.1 Å². The zero-order valence-corrected chi connectivity index (χ0v) is 20.2. The van der Waals surface area contributed by atoms with Crippen molar-refractivity contribution in [1.29, 1.82) is 0 Å². The van der Waals surface area contributed by atoms with Gasteiger partial charge in [-0.2, -0.15) is 0 Å².